The summed E-state index contributed by atoms with van der Waals surface area (Å²) < 4.78 is 0. The summed E-state index contributed by atoms with van der Waals surface area (Å²) in [6.07, 6.45) is 5.56. The van der Waals surface area contributed by atoms with Gasteiger partial charge in [-0.25, -0.2) is 4.98 Å². The number of nitrogens with two attached hydrogens (primary N) is 1. The first-order valence-corrected chi connectivity index (χ1v) is 6.73. The molecular weight excluding hydrogens is 246 g/mol. The number of hydrogen-bond acceptors (Lipinski definition) is 3. The average Bonchev–Trinajstić information content (AvgIpc) is 2.43. The van der Waals surface area contributed by atoms with Crippen molar-refractivity contribution in [1.82, 2.24) is 4.98 Å². The van der Waals surface area contributed by atoms with Crippen LogP contribution in [0.15, 0.2) is 24.4 Å². The smallest absolute Gasteiger partial charge is 0.137 e. The number of hydrogen-bond donors (Lipinski definition) is 1. The van der Waals surface area contributed by atoms with Gasteiger partial charge in [-0.1, -0.05) is 11.6 Å². The van der Waals surface area contributed by atoms with Crippen LogP contribution in [-0.2, 0) is 0 Å². The summed E-state index contributed by atoms with van der Waals surface area (Å²) in [6.45, 7) is 2.11. The van der Waals surface area contributed by atoms with Gasteiger partial charge in [0.2, 0.25) is 0 Å². The normalized spacial score (nSPS) is 16.2. The van der Waals surface area contributed by atoms with Gasteiger partial charge in [-0.15, -0.1) is 0 Å². The number of pyridine rings is 1. The zero-order valence-corrected chi connectivity index (χ0v) is 11.0. The number of anilines is 2. The minimum atomic E-state index is 0.730. The third-order valence-corrected chi connectivity index (χ3v) is 3.86. The second kappa shape index (κ2) is 4.65. The van der Waals surface area contributed by atoms with Gasteiger partial charge >= 0.3 is 0 Å². The number of halogens is 1. The molecule has 2 aromatic rings. The molecule has 3 rings (SSSR count). The Morgan fingerprint density at radius 3 is 2.67 bits per heavy atom. The van der Waals surface area contributed by atoms with Crippen LogP contribution in [0.4, 0.5) is 11.5 Å². The molecule has 1 aromatic carbocycles. The molecule has 1 aliphatic rings. The van der Waals surface area contributed by atoms with E-state index < -0.39 is 0 Å². The van der Waals surface area contributed by atoms with Gasteiger partial charge in [0, 0.05) is 35.7 Å². The Hall–Kier alpha value is -1.48. The lowest BCUT2D eigenvalue weighted by Crippen LogP contribution is -2.30. The third kappa shape index (κ3) is 1.89. The molecule has 0 unspecified atom stereocenters. The Bertz CT molecular complexity index is 577. The van der Waals surface area contributed by atoms with Crippen molar-refractivity contribution in [2.24, 2.45) is 0 Å². The van der Waals surface area contributed by atoms with Crippen molar-refractivity contribution in [3.63, 3.8) is 0 Å². The van der Waals surface area contributed by atoms with Crippen molar-refractivity contribution in [2.75, 3.05) is 23.7 Å². The minimum absolute atomic E-state index is 0.730. The first-order chi connectivity index (χ1) is 8.77. The Balaban J connectivity index is 2.19. The van der Waals surface area contributed by atoms with E-state index in [4.69, 9.17) is 17.3 Å². The van der Waals surface area contributed by atoms with Crippen LogP contribution < -0.4 is 10.6 Å². The molecule has 0 spiro atoms. The molecule has 1 aliphatic heterocycles. The van der Waals surface area contributed by atoms with E-state index >= 15 is 0 Å². The standard InChI is InChI=1S/C14H16ClN3/c15-11-4-5-12(16)10-6-7-17-14(13(10)11)18-8-2-1-3-9-18/h4-7H,1-3,8-9,16H2. The number of rotatable bonds is 1. The predicted molar refractivity (Wildman–Crippen MR) is 77.2 cm³/mol. The fraction of sp³-hybridized carbons (Fsp3) is 0.357. The lowest BCUT2D eigenvalue weighted by atomic mass is 10.1. The van der Waals surface area contributed by atoms with E-state index in [2.05, 4.69) is 9.88 Å². The van der Waals surface area contributed by atoms with Crippen molar-refractivity contribution in [3.8, 4) is 0 Å². The molecule has 0 saturated carbocycles. The minimum Gasteiger partial charge on any atom is -0.398 e. The molecule has 18 heavy (non-hydrogen) atoms. The summed E-state index contributed by atoms with van der Waals surface area (Å²) in [6, 6.07) is 5.64. The summed E-state index contributed by atoms with van der Waals surface area (Å²) in [4.78, 5) is 6.84. The third-order valence-electron chi connectivity index (χ3n) is 3.55. The van der Waals surface area contributed by atoms with Crippen LogP contribution in [0.3, 0.4) is 0 Å². The number of nitrogens with zero attached hydrogens (tertiary/aromatic N) is 2. The van der Waals surface area contributed by atoms with Gasteiger partial charge in [0.1, 0.15) is 5.82 Å². The van der Waals surface area contributed by atoms with E-state index in [1.807, 2.05) is 24.4 Å². The molecule has 0 aliphatic carbocycles. The lowest BCUT2D eigenvalue weighted by molar-refractivity contribution is 0.575. The second-order valence-electron chi connectivity index (χ2n) is 4.74. The predicted octanol–water partition coefficient (Wildman–Crippen LogP) is 3.46. The average molecular weight is 262 g/mol. The number of aromatic nitrogens is 1. The van der Waals surface area contributed by atoms with Gasteiger partial charge in [-0.05, 0) is 37.5 Å². The Labute approximate surface area is 112 Å². The Kier molecular flexibility index (Phi) is 3.00. The Morgan fingerprint density at radius 1 is 1.11 bits per heavy atom. The highest BCUT2D eigenvalue weighted by molar-refractivity contribution is 6.37. The SMILES string of the molecule is Nc1ccc(Cl)c2c(N3CCCCC3)nccc12. The van der Waals surface area contributed by atoms with Crippen LogP contribution in [0.1, 0.15) is 19.3 Å². The van der Waals surface area contributed by atoms with Crippen molar-refractivity contribution in [2.45, 2.75) is 19.3 Å². The lowest BCUT2D eigenvalue weighted by Gasteiger charge is -2.29. The van der Waals surface area contributed by atoms with Crippen molar-refractivity contribution in [3.05, 3.63) is 29.4 Å². The van der Waals surface area contributed by atoms with Gasteiger partial charge in [-0.3, -0.25) is 0 Å². The molecule has 4 heteroatoms. The zero-order valence-electron chi connectivity index (χ0n) is 10.2. The largest absolute Gasteiger partial charge is 0.398 e. The summed E-state index contributed by atoms with van der Waals surface area (Å²) in [5.74, 6) is 0.976. The maximum absolute atomic E-state index is 6.33. The van der Waals surface area contributed by atoms with E-state index in [1.165, 1.54) is 19.3 Å². The highest BCUT2D eigenvalue weighted by atomic mass is 35.5. The van der Waals surface area contributed by atoms with E-state index in [0.717, 1.165) is 40.4 Å². The summed E-state index contributed by atoms with van der Waals surface area (Å²) in [5, 5.41) is 2.71. The van der Waals surface area contributed by atoms with Gasteiger partial charge in [0.25, 0.3) is 0 Å². The monoisotopic (exact) mass is 261 g/mol. The van der Waals surface area contributed by atoms with Gasteiger partial charge in [-0.2, -0.15) is 0 Å². The molecule has 0 amide bonds. The topological polar surface area (TPSA) is 42.1 Å². The molecule has 1 aromatic heterocycles. The molecule has 2 N–H and O–H groups in total. The molecule has 0 bridgehead atoms. The van der Waals surface area contributed by atoms with E-state index in [1.54, 1.807) is 0 Å². The highest BCUT2D eigenvalue weighted by Crippen LogP contribution is 2.35. The molecule has 0 radical (unpaired) electrons. The van der Waals surface area contributed by atoms with Crippen LogP contribution in [-0.4, -0.2) is 18.1 Å². The van der Waals surface area contributed by atoms with E-state index in [9.17, 15) is 0 Å². The second-order valence-corrected chi connectivity index (χ2v) is 5.15. The highest BCUT2D eigenvalue weighted by Gasteiger charge is 2.17. The first kappa shape index (κ1) is 11.6. The van der Waals surface area contributed by atoms with Crippen molar-refractivity contribution < 1.29 is 0 Å². The summed E-state index contributed by atoms with van der Waals surface area (Å²) >= 11 is 6.33. The fourth-order valence-electron chi connectivity index (χ4n) is 2.61. The summed E-state index contributed by atoms with van der Waals surface area (Å²) in [7, 11) is 0. The van der Waals surface area contributed by atoms with E-state index in [0.29, 0.717) is 0 Å². The fourth-order valence-corrected chi connectivity index (χ4v) is 2.86. The molecule has 94 valence electrons. The van der Waals surface area contributed by atoms with Crippen LogP contribution in [0.25, 0.3) is 10.8 Å². The summed E-state index contributed by atoms with van der Waals surface area (Å²) in [5.41, 5.74) is 6.78. The molecular formula is C14H16ClN3. The van der Waals surface area contributed by atoms with Gasteiger partial charge < -0.3 is 10.6 Å². The van der Waals surface area contributed by atoms with Gasteiger partial charge in [0.15, 0.2) is 0 Å². The van der Waals surface area contributed by atoms with Crippen LogP contribution in [0.2, 0.25) is 5.02 Å². The first-order valence-electron chi connectivity index (χ1n) is 6.35. The van der Waals surface area contributed by atoms with Gasteiger partial charge in [0.05, 0.1) is 5.02 Å². The number of piperidine rings is 1. The van der Waals surface area contributed by atoms with Crippen LogP contribution in [0, 0.1) is 0 Å². The zero-order chi connectivity index (χ0) is 12.5. The molecule has 0 atom stereocenters. The number of benzene rings is 1. The molecule has 1 saturated heterocycles. The molecule has 2 heterocycles. The quantitative estimate of drug-likeness (QED) is 0.800. The maximum Gasteiger partial charge on any atom is 0.137 e. The van der Waals surface area contributed by atoms with Crippen LogP contribution >= 0.6 is 11.6 Å². The molecule has 3 nitrogen and oxygen atoms in total. The number of nitrogen functional groups attached to an aromatic ring is 1. The molecule has 1 fully saturated rings. The maximum atomic E-state index is 6.33. The number of fused-ring (bicyclic) bond motifs is 1. The van der Waals surface area contributed by atoms with Crippen LogP contribution in [0.5, 0.6) is 0 Å². The van der Waals surface area contributed by atoms with Crippen molar-refractivity contribution in [1.29, 1.82) is 0 Å². The van der Waals surface area contributed by atoms with E-state index in [-0.39, 0.29) is 0 Å². The Morgan fingerprint density at radius 2 is 1.89 bits per heavy atom. The van der Waals surface area contributed by atoms with Crippen molar-refractivity contribution >= 4 is 33.9 Å².